The van der Waals surface area contributed by atoms with E-state index in [4.69, 9.17) is 5.26 Å². The first-order valence-corrected chi connectivity index (χ1v) is 4.42. The summed E-state index contributed by atoms with van der Waals surface area (Å²) in [6, 6.07) is 0.445. The molecular formula is C8H10N6O2. The number of nitrogens with one attached hydrogen (secondary N) is 2. The van der Waals surface area contributed by atoms with Crippen LogP contribution in [0.2, 0.25) is 0 Å². The molecule has 1 aromatic heterocycles. The Kier molecular flexibility index (Phi) is 3.55. The lowest BCUT2D eigenvalue weighted by Gasteiger charge is -2.12. The van der Waals surface area contributed by atoms with Crippen LogP contribution < -0.4 is 10.6 Å². The first-order chi connectivity index (χ1) is 7.60. The second-order valence-electron chi connectivity index (χ2n) is 2.92. The van der Waals surface area contributed by atoms with E-state index < -0.39 is 18.0 Å². The van der Waals surface area contributed by atoms with Crippen molar-refractivity contribution >= 4 is 11.9 Å². The van der Waals surface area contributed by atoms with E-state index in [9.17, 15) is 9.59 Å². The summed E-state index contributed by atoms with van der Waals surface area (Å²) in [6.07, 6.45) is 1.26. The van der Waals surface area contributed by atoms with Crippen LogP contribution in [0.4, 0.5) is 4.79 Å². The first-order valence-electron chi connectivity index (χ1n) is 4.42. The minimum atomic E-state index is -0.734. The molecule has 1 aromatic rings. The molecule has 0 bridgehead atoms. The summed E-state index contributed by atoms with van der Waals surface area (Å²) in [6.45, 7) is 1.53. The Labute approximate surface area is 91.3 Å². The lowest BCUT2D eigenvalue weighted by molar-refractivity contribution is -0.122. The summed E-state index contributed by atoms with van der Waals surface area (Å²) in [5.41, 5.74) is 0. The van der Waals surface area contributed by atoms with Gasteiger partial charge in [0.15, 0.2) is 0 Å². The average molecular weight is 222 g/mol. The van der Waals surface area contributed by atoms with Crippen LogP contribution in [0.3, 0.4) is 0 Å². The first kappa shape index (κ1) is 11.6. The fourth-order valence-electron chi connectivity index (χ4n) is 1.01. The standard InChI is InChI=1S/C8H10N6O2/c1-5(7(15)12-8(16)10-2)14-4-11-13-6(14)3-9/h4-5H,1-2H3,(H2,10,12,15,16). The van der Waals surface area contributed by atoms with Crippen LogP contribution >= 0.6 is 0 Å². The molecule has 1 atom stereocenters. The minimum absolute atomic E-state index is 0.0135. The number of hydrogen-bond donors (Lipinski definition) is 2. The van der Waals surface area contributed by atoms with Crippen LogP contribution in [-0.2, 0) is 4.79 Å². The van der Waals surface area contributed by atoms with Crippen molar-refractivity contribution in [2.24, 2.45) is 0 Å². The van der Waals surface area contributed by atoms with Gasteiger partial charge in [-0.05, 0) is 6.92 Å². The second kappa shape index (κ2) is 4.88. The Bertz CT molecular complexity index is 446. The zero-order chi connectivity index (χ0) is 12.1. The monoisotopic (exact) mass is 222 g/mol. The number of carbonyl (C=O) groups excluding carboxylic acids is 2. The van der Waals surface area contributed by atoms with Crippen molar-refractivity contribution in [1.82, 2.24) is 25.4 Å². The van der Waals surface area contributed by atoms with E-state index in [0.29, 0.717) is 0 Å². The van der Waals surface area contributed by atoms with Gasteiger partial charge in [-0.1, -0.05) is 0 Å². The molecule has 0 aromatic carbocycles. The number of nitriles is 1. The Morgan fingerprint density at radius 3 is 2.88 bits per heavy atom. The lowest BCUT2D eigenvalue weighted by Crippen LogP contribution is -2.40. The number of carbonyl (C=O) groups is 2. The van der Waals surface area contributed by atoms with Gasteiger partial charge in [-0.25, -0.2) is 4.79 Å². The van der Waals surface area contributed by atoms with Crippen LogP contribution in [0.25, 0.3) is 0 Å². The molecule has 8 heteroatoms. The van der Waals surface area contributed by atoms with Gasteiger partial charge >= 0.3 is 6.03 Å². The third-order valence-corrected chi connectivity index (χ3v) is 1.93. The number of imide groups is 1. The molecule has 16 heavy (non-hydrogen) atoms. The predicted octanol–water partition coefficient (Wildman–Crippen LogP) is -0.834. The van der Waals surface area contributed by atoms with Crippen molar-refractivity contribution in [2.45, 2.75) is 13.0 Å². The van der Waals surface area contributed by atoms with Crippen molar-refractivity contribution < 1.29 is 9.59 Å². The van der Waals surface area contributed by atoms with Gasteiger partial charge in [0.25, 0.3) is 5.91 Å². The molecule has 1 rings (SSSR count). The molecule has 3 amide bonds. The van der Waals surface area contributed by atoms with E-state index in [1.54, 1.807) is 6.07 Å². The second-order valence-corrected chi connectivity index (χ2v) is 2.92. The third-order valence-electron chi connectivity index (χ3n) is 1.93. The number of amides is 3. The normalized spacial score (nSPS) is 11.3. The number of nitrogens with zero attached hydrogens (tertiary/aromatic N) is 4. The molecule has 0 spiro atoms. The van der Waals surface area contributed by atoms with E-state index >= 15 is 0 Å². The molecule has 2 N–H and O–H groups in total. The highest BCUT2D eigenvalue weighted by molar-refractivity contribution is 5.95. The molecule has 0 aliphatic carbocycles. The fourth-order valence-corrected chi connectivity index (χ4v) is 1.01. The zero-order valence-corrected chi connectivity index (χ0v) is 8.76. The van der Waals surface area contributed by atoms with Gasteiger partial charge in [0.2, 0.25) is 5.82 Å². The van der Waals surface area contributed by atoms with Crippen molar-refractivity contribution in [2.75, 3.05) is 7.05 Å². The summed E-state index contributed by atoms with van der Waals surface area (Å²) < 4.78 is 1.28. The fraction of sp³-hybridized carbons (Fsp3) is 0.375. The molecule has 0 saturated heterocycles. The van der Waals surface area contributed by atoms with Crippen molar-refractivity contribution in [3.63, 3.8) is 0 Å². The highest BCUT2D eigenvalue weighted by Crippen LogP contribution is 2.06. The maximum Gasteiger partial charge on any atom is 0.321 e. The third kappa shape index (κ3) is 2.33. The molecule has 0 saturated carbocycles. The maximum atomic E-state index is 11.5. The molecule has 8 nitrogen and oxygen atoms in total. The van der Waals surface area contributed by atoms with E-state index in [-0.39, 0.29) is 5.82 Å². The summed E-state index contributed by atoms with van der Waals surface area (Å²) in [5.74, 6) is -0.532. The predicted molar refractivity (Wildman–Crippen MR) is 52.0 cm³/mol. The Balaban J connectivity index is 2.79. The van der Waals surface area contributed by atoms with E-state index in [1.807, 2.05) is 0 Å². The molecular weight excluding hydrogens is 212 g/mol. The van der Waals surface area contributed by atoms with Crippen molar-refractivity contribution in [3.05, 3.63) is 12.2 Å². The number of aromatic nitrogens is 3. The van der Waals surface area contributed by atoms with Gasteiger partial charge in [0.1, 0.15) is 18.4 Å². The highest BCUT2D eigenvalue weighted by Gasteiger charge is 2.19. The summed E-state index contributed by atoms with van der Waals surface area (Å²) in [5, 5.41) is 20.0. The van der Waals surface area contributed by atoms with Gasteiger partial charge in [0.05, 0.1) is 0 Å². The van der Waals surface area contributed by atoms with E-state index in [0.717, 1.165) is 0 Å². The highest BCUT2D eigenvalue weighted by atomic mass is 16.2. The minimum Gasteiger partial charge on any atom is -0.341 e. The van der Waals surface area contributed by atoms with Gasteiger partial charge in [-0.15, -0.1) is 10.2 Å². The Hall–Kier alpha value is -2.43. The SMILES string of the molecule is CNC(=O)NC(=O)C(C)n1cnnc1C#N. The van der Waals surface area contributed by atoms with Gasteiger partial charge in [-0.2, -0.15) is 5.26 Å². The topological polar surface area (TPSA) is 113 Å². The molecule has 1 unspecified atom stereocenters. The summed E-state index contributed by atoms with van der Waals surface area (Å²) in [4.78, 5) is 22.4. The smallest absolute Gasteiger partial charge is 0.321 e. The Morgan fingerprint density at radius 1 is 1.62 bits per heavy atom. The molecule has 1 heterocycles. The number of rotatable bonds is 2. The Morgan fingerprint density at radius 2 is 2.31 bits per heavy atom. The average Bonchev–Trinajstić information content (AvgIpc) is 2.75. The van der Waals surface area contributed by atoms with Crippen molar-refractivity contribution in [3.8, 4) is 6.07 Å². The van der Waals surface area contributed by atoms with Crippen LogP contribution in [0.15, 0.2) is 6.33 Å². The molecule has 0 fully saturated rings. The number of hydrogen-bond acceptors (Lipinski definition) is 5. The maximum absolute atomic E-state index is 11.5. The van der Waals surface area contributed by atoms with Crippen LogP contribution in [0.1, 0.15) is 18.8 Å². The molecule has 84 valence electrons. The van der Waals surface area contributed by atoms with Crippen LogP contribution in [0.5, 0.6) is 0 Å². The van der Waals surface area contributed by atoms with Gasteiger partial charge < -0.3 is 5.32 Å². The van der Waals surface area contributed by atoms with Crippen LogP contribution in [0, 0.1) is 11.3 Å². The van der Waals surface area contributed by atoms with Gasteiger partial charge in [0, 0.05) is 7.05 Å². The lowest BCUT2D eigenvalue weighted by atomic mass is 10.3. The molecule has 0 radical (unpaired) electrons. The largest absolute Gasteiger partial charge is 0.341 e. The molecule has 0 aliphatic rings. The van der Waals surface area contributed by atoms with E-state index in [2.05, 4.69) is 20.8 Å². The van der Waals surface area contributed by atoms with Crippen molar-refractivity contribution in [1.29, 1.82) is 5.26 Å². The van der Waals surface area contributed by atoms with Crippen LogP contribution in [-0.4, -0.2) is 33.8 Å². The molecule has 0 aliphatic heterocycles. The van der Waals surface area contributed by atoms with E-state index in [1.165, 1.54) is 24.9 Å². The zero-order valence-electron chi connectivity index (χ0n) is 8.76. The summed E-state index contributed by atoms with van der Waals surface area (Å²) in [7, 11) is 1.40. The quantitative estimate of drug-likeness (QED) is 0.677. The number of urea groups is 1. The van der Waals surface area contributed by atoms with Gasteiger partial charge in [-0.3, -0.25) is 14.7 Å². The summed E-state index contributed by atoms with van der Waals surface area (Å²) >= 11 is 0.